The number of hydrogen-bond donors (Lipinski definition) is 1. The van der Waals surface area contributed by atoms with Crippen LogP contribution < -0.4 is 15.1 Å². The van der Waals surface area contributed by atoms with Gasteiger partial charge in [0.15, 0.2) is 0 Å². The van der Waals surface area contributed by atoms with Crippen molar-refractivity contribution < 1.29 is 0 Å². The first-order chi connectivity index (χ1) is 9.24. The molecule has 5 heteroatoms. The molecule has 2 aliphatic rings. The molecule has 1 atom stereocenters. The van der Waals surface area contributed by atoms with E-state index in [1.165, 1.54) is 25.7 Å². The fourth-order valence-electron chi connectivity index (χ4n) is 2.65. The highest BCUT2D eigenvalue weighted by molar-refractivity contribution is 5.45. The molecule has 2 heterocycles. The van der Waals surface area contributed by atoms with Crippen molar-refractivity contribution in [3.05, 3.63) is 12.3 Å². The standard InChI is InChI=1S/C14H23N5/c1-18(2)14-15-8-7-13(17-14)19-9-3-4-12(19)10-16-11-5-6-11/h7-8,11-12,16H,3-6,9-10H2,1-2H3. The minimum absolute atomic E-state index is 0.588. The van der Waals surface area contributed by atoms with E-state index in [-0.39, 0.29) is 0 Å². The Morgan fingerprint density at radius 3 is 2.95 bits per heavy atom. The Hall–Kier alpha value is -1.36. The maximum atomic E-state index is 4.66. The first kappa shape index (κ1) is 12.7. The number of aromatic nitrogens is 2. The van der Waals surface area contributed by atoms with E-state index in [4.69, 9.17) is 0 Å². The summed E-state index contributed by atoms with van der Waals surface area (Å²) in [6.45, 7) is 2.20. The van der Waals surface area contributed by atoms with Crippen molar-refractivity contribution >= 4 is 11.8 Å². The molecular weight excluding hydrogens is 238 g/mol. The minimum atomic E-state index is 0.588. The maximum Gasteiger partial charge on any atom is 0.226 e. The predicted molar refractivity (Wildman–Crippen MR) is 77.8 cm³/mol. The molecule has 2 fully saturated rings. The molecule has 0 radical (unpaired) electrons. The summed E-state index contributed by atoms with van der Waals surface area (Å²) in [5.74, 6) is 1.86. The van der Waals surface area contributed by atoms with Crippen LogP contribution in [0, 0.1) is 0 Å². The van der Waals surface area contributed by atoms with E-state index in [0.717, 1.165) is 30.9 Å². The zero-order valence-electron chi connectivity index (χ0n) is 11.8. The van der Waals surface area contributed by atoms with E-state index in [1.54, 1.807) is 0 Å². The second kappa shape index (κ2) is 5.33. The van der Waals surface area contributed by atoms with Crippen LogP contribution in [0.1, 0.15) is 25.7 Å². The number of rotatable bonds is 5. The van der Waals surface area contributed by atoms with Crippen LogP contribution >= 0.6 is 0 Å². The molecular formula is C14H23N5. The average molecular weight is 261 g/mol. The van der Waals surface area contributed by atoms with Gasteiger partial charge in [-0.2, -0.15) is 4.98 Å². The van der Waals surface area contributed by atoms with Gasteiger partial charge < -0.3 is 15.1 Å². The number of nitrogens with zero attached hydrogens (tertiary/aromatic N) is 4. The van der Waals surface area contributed by atoms with Gasteiger partial charge in [-0.15, -0.1) is 0 Å². The van der Waals surface area contributed by atoms with Crippen molar-refractivity contribution in [2.75, 3.05) is 37.0 Å². The molecule has 0 spiro atoms. The van der Waals surface area contributed by atoms with Crippen molar-refractivity contribution in [2.24, 2.45) is 0 Å². The molecule has 1 aromatic heterocycles. The Morgan fingerprint density at radius 1 is 1.37 bits per heavy atom. The lowest BCUT2D eigenvalue weighted by Gasteiger charge is -2.26. The molecule has 0 aromatic carbocycles. The van der Waals surface area contributed by atoms with Gasteiger partial charge in [-0.1, -0.05) is 0 Å². The van der Waals surface area contributed by atoms with Crippen molar-refractivity contribution in [3.63, 3.8) is 0 Å². The van der Waals surface area contributed by atoms with Gasteiger partial charge in [0.1, 0.15) is 5.82 Å². The van der Waals surface area contributed by atoms with Crippen molar-refractivity contribution in [3.8, 4) is 0 Å². The van der Waals surface area contributed by atoms with Crippen LogP contribution in [-0.2, 0) is 0 Å². The van der Waals surface area contributed by atoms with E-state index in [9.17, 15) is 0 Å². The molecule has 0 bridgehead atoms. The van der Waals surface area contributed by atoms with Crippen molar-refractivity contribution in [1.29, 1.82) is 0 Å². The highest BCUT2D eigenvalue weighted by atomic mass is 15.3. The summed E-state index contributed by atoms with van der Waals surface area (Å²) in [6.07, 6.45) is 7.09. The molecule has 1 saturated heterocycles. The van der Waals surface area contributed by atoms with Crippen LogP contribution in [0.2, 0.25) is 0 Å². The monoisotopic (exact) mass is 261 g/mol. The van der Waals surface area contributed by atoms with Gasteiger partial charge in [0.05, 0.1) is 0 Å². The second-order valence-corrected chi connectivity index (χ2v) is 5.78. The summed E-state index contributed by atoms with van der Waals surface area (Å²) < 4.78 is 0. The average Bonchev–Trinajstić information content (AvgIpc) is 3.13. The van der Waals surface area contributed by atoms with Gasteiger partial charge >= 0.3 is 0 Å². The molecule has 1 N–H and O–H groups in total. The summed E-state index contributed by atoms with van der Waals surface area (Å²) in [4.78, 5) is 13.3. The number of anilines is 2. The number of hydrogen-bond acceptors (Lipinski definition) is 5. The summed E-state index contributed by atoms with van der Waals surface area (Å²) in [6, 6.07) is 3.40. The van der Waals surface area contributed by atoms with Crippen LogP contribution in [0.4, 0.5) is 11.8 Å². The molecule has 0 amide bonds. The van der Waals surface area contributed by atoms with Crippen molar-refractivity contribution in [1.82, 2.24) is 15.3 Å². The molecule has 104 valence electrons. The third-order valence-electron chi connectivity index (χ3n) is 3.92. The van der Waals surface area contributed by atoms with E-state index in [2.05, 4.69) is 20.2 Å². The fraction of sp³-hybridized carbons (Fsp3) is 0.714. The van der Waals surface area contributed by atoms with Crippen LogP contribution in [0.25, 0.3) is 0 Å². The SMILES string of the molecule is CN(C)c1nccc(N2CCCC2CNC2CC2)n1. The summed E-state index contributed by atoms with van der Waals surface area (Å²) in [5.41, 5.74) is 0. The zero-order valence-corrected chi connectivity index (χ0v) is 11.8. The predicted octanol–water partition coefficient (Wildman–Crippen LogP) is 1.26. The second-order valence-electron chi connectivity index (χ2n) is 5.78. The Bertz CT molecular complexity index is 430. The van der Waals surface area contributed by atoms with E-state index >= 15 is 0 Å². The maximum absolute atomic E-state index is 4.66. The largest absolute Gasteiger partial charge is 0.352 e. The Labute approximate surface area is 115 Å². The molecule has 1 aromatic rings. The van der Waals surface area contributed by atoms with Gasteiger partial charge in [-0.3, -0.25) is 0 Å². The van der Waals surface area contributed by atoms with Crippen LogP contribution in [0.15, 0.2) is 12.3 Å². The molecule has 1 aliphatic carbocycles. The van der Waals surface area contributed by atoms with Gasteiger partial charge in [-0.25, -0.2) is 4.98 Å². The minimum Gasteiger partial charge on any atom is -0.352 e. The third kappa shape index (κ3) is 2.97. The van der Waals surface area contributed by atoms with Gasteiger partial charge in [0.25, 0.3) is 0 Å². The van der Waals surface area contributed by atoms with Crippen LogP contribution in [-0.4, -0.2) is 49.2 Å². The molecule has 1 unspecified atom stereocenters. The normalized spacial score (nSPS) is 22.8. The van der Waals surface area contributed by atoms with Crippen LogP contribution in [0.3, 0.4) is 0 Å². The molecule has 3 rings (SSSR count). The highest BCUT2D eigenvalue weighted by Gasteiger charge is 2.28. The lowest BCUT2D eigenvalue weighted by atomic mass is 10.2. The first-order valence-electron chi connectivity index (χ1n) is 7.24. The third-order valence-corrected chi connectivity index (χ3v) is 3.92. The lowest BCUT2D eigenvalue weighted by Crippen LogP contribution is -2.39. The quantitative estimate of drug-likeness (QED) is 0.864. The molecule has 1 saturated carbocycles. The Morgan fingerprint density at radius 2 is 2.21 bits per heavy atom. The van der Waals surface area contributed by atoms with E-state index < -0.39 is 0 Å². The fourth-order valence-corrected chi connectivity index (χ4v) is 2.65. The highest BCUT2D eigenvalue weighted by Crippen LogP contribution is 2.25. The smallest absolute Gasteiger partial charge is 0.226 e. The molecule has 1 aliphatic heterocycles. The number of nitrogens with one attached hydrogen (secondary N) is 1. The molecule has 5 nitrogen and oxygen atoms in total. The summed E-state index contributed by atoms with van der Waals surface area (Å²) in [5, 5.41) is 3.64. The van der Waals surface area contributed by atoms with E-state index in [1.807, 2.05) is 31.3 Å². The van der Waals surface area contributed by atoms with Gasteiger partial charge in [0, 0.05) is 45.5 Å². The van der Waals surface area contributed by atoms with E-state index in [0.29, 0.717) is 6.04 Å². The lowest BCUT2D eigenvalue weighted by molar-refractivity contribution is 0.568. The Balaban J connectivity index is 1.69. The van der Waals surface area contributed by atoms with Gasteiger partial charge in [0.2, 0.25) is 5.95 Å². The zero-order chi connectivity index (χ0) is 13.2. The summed E-state index contributed by atoms with van der Waals surface area (Å²) in [7, 11) is 3.96. The van der Waals surface area contributed by atoms with Crippen LogP contribution in [0.5, 0.6) is 0 Å². The first-order valence-corrected chi connectivity index (χ1v) is 7.24. The summed E-state index contributed by atoms with van der Waals surface area (Å²) >= 11 is 0. The van der Waals surface area contributed by atoms with Crippen molar-refractivity contribution in [2.45, 2.75) is 37.8 Å². The molecule has 19 heavy (non-hydrogen) atoms. The Kier molecular flexibility index (Phi) is 3.55. The topological polar surface area (TPSA) is 44.3 Å². The van der Waals surface area contributed by atoms with Gasteiger partial charge in [-0.05, 0) is 31.7 Å².